The third-order valence-electron chi connectivity index (χ3n) is 3.18. The maximum Gasteiger partial charge on any atom is 0.277 e. The highest BCUT2D eigenvalue weighted by Crippen LogP contribution is 2.22. The van der Waals surface area contributed by atoms with Gasteiger partial charge in [0.1, 0.15) is 5.82 Å². The molecule has 2 aromatic carbocycles. The predicted octanol–water partition coefficient (Wildman–Crippen LogP) is 1.65. The molecule has 0 saturated heterocycles. The van der Waals surface area contributed by atoms with E-state index in [1.54, 1.807) is 0 Å². The number of carbonyl (C=O) groups is 2. The molecule has 0 aromatic heterocycles. The number of benzene rings is 2. The number of halogens is 1. The summed E-state index contributed by atoms with van der Waals surface area (Å²) in [6.45, 7) is 0. The van der Waals surface area contributed by atoms with E-state index in [-0.39, 0.29) is 12.0 Å². The number of nitro benzene ring substituents is 2. The highest BCUT2D eigenvalue weighted by atomic mass is 19.1. The molecular formula is C15H11FN4O6. The van der Waals surface area contributed by atoms with E-state index in [0.29, 0.717) is 11.6 Å². The Morgan fingerprint density at radius 1 is 0.923 bits per heavy atom. The van der Waals surface area contributed by atoms with Crippen LogP contribution in [0.3, 0.4) is 0 Å². The van der Waals surface area contributed by atoms with E-state index >= 15 is 0 Å². The van der Waals surface area contributed by atoms with Gasteiger partial charge in [-0.3, -0.25) is 40.7 Å². The molecular weight excluding hydrogens is 351 g/mol. The maximum atomic E-state index is 12.8. The van der Waals surface area contributed by atoms with Crippen molar-refractivity contribution in [3.8, 4) is 0 Å². The van der Waals surface area contributed by atoms with Gasteiger partial charge in [0.2, 0.25) is 5.91 Å². The molecule has 0 bridgehead atoms. The molecule has 0 radical (unpaired) electrons. The zero-order valence-electron chi connectivity index (χ0n) is 13.0. The Balaban J connectivity index is 2.05. The molecule has 10 nitrogen and oxygen atoms in total. The summed E-state index contributed by atoms with van der Waals surface area (Å²) in [6.07, 6.45) is -0.157. The van der Waals surface area contributed by atoms with Crippen LogP contribution >= 0.6 is 0 Å². The van der Waals surface area contributed by atoms with Crippen LogP contribution in [0, 0.1) is 26.0 Å². The number of rotatable bonds is 5. The molecule has 0 heterocycles. The van der Waals surface area contributed by atoms with E-state index < -0.39 is 38.9 Å². The van der Waals surface area contributed by atoms with Crippen LogP contribution in [0.15, 0.2) is 42.5 Å². The average molecular weight is 362 g/mol. The van der Waals surface area contributed by atoms with E-state index in [0.717, 1.165) is 12.1 Å². The molecule has 0 aliphatic rings. The van der Waals surface area contributed by atoms with Crippen molar-refractivity contribution < 1.29 is 23.8 Å². The van der Waals surface area contributed by atoms with Crippen LogP contribution in [0.1, 0.15) is 15.9 Å². The monoisotopic (exact) mass is 362 g/mol. The summed E-state index contributed by atoms with van der Waals surface area (Å²) in [7, 11) is 0. The van der Waals surface area contributed by atoms with Crippen LogP contribution in [0.25, 0.3) is 0 Å². The normalized spacial score (nSPS) is 10.0. The molecule has 0 spiro atoms. The number of hydrogen-bond donors (Lipinski definition) is 2. The highest BCUT2D eigenvalue weighted by Gasteiger charge is 2.20. The number of hydrazine groups is 1. The molecule has 2 N–H and O–H groups in total. The molecule has 0 aliphatic carbocycles. The first-order chi connectivity index (χ1) is 12.3. The van der Waals surface area contributed by atoms with Crippen LogP contribution in [0.4, 0.5) is 15.8 Å². The second-order valence-electron chi connectivity index (χ2n) is 5.06. The molecule has 0 saturated carbocycles. The third-order valence-corrected chi connectivity index (χ3v) is 3.18. The molecule has 2 aromatic rings. The summed E-state index contributed by atoms with van der Waals surface area (Å²) in [5.74, 6) is -2.07. The molecule has 0 aliphatic heterocycles. The van der Waals surface area contributed by atoms with Gasteiger partial charge in [-0.05, 0) is 17.7 Å². The van der Waals surface area contributed by atoms with Crippen molar-refractivity contribution in [1.29, 1.82) is 0 Å². The van der Waals surface area contributed by atoms with Gasteiger partial charge in [0.25, 0.3) is 17.3 Å². The van der Waals surface area contributed by atoms with Gasteiger partial charge in [-0.25, -0.2) is 4.39 Å². The topological polar surface area (TPSA) is 144 Å². The second kappa shape index (κ2) is 7.79. The Morgan fingerprint density at radius 2 is 1.46 bits per heavy atom. The first-order valence-corrected chi connectivity index (χ1v) is 7.04. The lowest BCUT2D eigenvalue weighted by Crippen LogP contribution is -2.42. The summed E-state index contributed by atoms with van der Waals surface area (Å²) in [4.78, 5) is 43.6. The largest absolute Gasteiger partial charge is 0.277 e. The third kappa shape index (κ3) is 4.80. The summed E-state index contributed by atoms with van der Waals surface area (Å²) >= 11 is 0. The van der Waals surface area contributed by atoms with Crippen molar-refractivity contribution in [2.75, 3.05) is 0 Å². The molecule has 134 valence electrons. The van der Waals surface area contributed by atoms with E-state index in [2.05, 4.69) is 5.43 Å². The lowest BCUT2D eigenvalue weighted by Gasteiger charge is -2.07. The SMILES string of the molecule is O=C(Cc1ccc(F)cc1)NNC(=O)c1cc([N+](=O)[O-])cc([N+](=O)[O-])c1. The van der Waals surface area contributed by atoms with Gasteiger partial charge in [0, 0.05) is 12.1 Å². The number of amides is 2. The Hall–Kier alpha value is -3.89. The Kier molecular flexibility index (Phi) is 5.53. The van der Waals surface area contributed by atoms with Gasteiger partial charge >= 0.3 is 0 Å². The molecule has 11 heteroatoms. The van der Waals surface area contributed by atoms with Crippen molar-refractivity contribution in [2.45, 2.75) is 6.42 Å². The summed E-state index contributed by atoms with van der Waals surface area (Å²) in [5, 5.41) is 21.6. The fraction of sp³-hybridized carbons (Fsp3) is 0.0667. The van der Waals surface area contributed by atoms with E-state index in [9.17, 15) is 34.2 Å². The standard InChI is InChI=1S/C15H11FN4O6/c16-11-3-1-9(2-4-11)5-14(21)17-18-15(22)10-6-12(19(23)24)8-13(7-10)20(25)26/h1-4,6-8H,5H2,(H,17,21)(H,18,22). The summed E-state index contributed by atoms with van der Waals surface area (Å²) in [5.41, 5.74) is 2.92. The van der Waals surface area contributed by atoms with Crippen molar-refractivity contribution in [3.05, 3.63) is 79.6 Å². The van der Waals surface area contributed by atoms with Crippen LogP contribution in [0.5, 0.6) is 0 Å². The summed E-state index contributed by atoms with van der Waals surface area (Å²) in [6, 6.07) is 7.51. The Labute approximate surface area is 144 Å². The van der Waals surface area contributed by atoms with Crippen molar-refractivity contribution >= 4 is 23.2 Å². The fourth-order valence-electron chi connectivity index (χ4n) is 1.97. The highest BCUT2D eigenvalue weighted by molar-refractivity contribution is 5.96. The molecule has 0 unspecified atom stereocenters. The minimum Gasteiger partial charge on any atom is -0.273 e. The number of nitro groups is 2. The zero-order chi connectivity index (χ0) is 19.3. The van der Waals surface area contributed by atoms with Crippen LogP contribution < -0.4 is 10.9 Å². The molecule has 0 fully saturated rings. The van der Waals surface area contributed by atoms with Gasteiger partial charge in [-0.1, -0.05) is 12.1 Å². The van der Waals surface area contributed by atoms with E-state index in [1.807, 2.05) is 5.43 Å². The van der Waals surface area contributed by atoms with Gasteiger partial charge in [0.15, 0.2) is 0 Å². The second-order valence-corrected chi connectivity index (χ2v) is 5.06. The summed E-state index contributed by atoms with van der Waals surface area (Å²) < 4.78 is 12.8. The average Bonchev–Trinajstić information content (AvgIpc) is 2.61. The number of non-ortho nitro benzene ring substituents is 2. The molecule has 0 atom stereocenters. The van der Waals surface area contributed by atoms with Gasteiger partial charge < -0.3 is 0 Å². The lowest BCUT2D eigenvalue weighted by molar-refractivity contribution is -0.394. The van der Waals surface area contributed by atoms with Crippen LogP contribution in [-0.2, 0) is 11.2 Å². The zero-order valence-corrected chi connectivity index (χ0v) is 13.0. The van der Waals surface area contributed by atoms with Crippen molar-refractivity contribution in [3.63, 3.8) is 0 Å². The van der Waals surface area contributed by atoms with Gasteiger partial charge in [-0.2, -0.15) is 0 Å². The quantitative estimate of drug-likeness (QED) is 0.611. The number of nitrogens with zero attached hydrogens (tertiary/aromatic N) is 2. The number of carbonyl (C=O) groups excluding carboxylic acids is 2. The lowest BCUT2D eigenvalue weighted by atomic mass is 10.1. The smallest absolute Gasteiger partial charge is 0.273 e. The van der Waals surface area contributed by atoms with Crippen LogP contribution in [0.2, 0.25) is 0 Å². The first-order valence-electron chi connectivity index (χ1n) is 7.04. The van der Waals surface area contributed by atoms with E-state index in [4.69, 9.17) is 0 Å². The maximum absolute atomic E-state index is 12.8. The van der Waals surface area contributed by atoms with Crippen molar-refractivity contribution in [2.24, 2.45) is 0 Å². The minimum atomic E-state index is -0.968. The van der Waals surface area contributed by atoms with Gasteiger partial charge in [0.05, 0.1) is 27.9 Å². The number of nitrogens with one attached hydrogen (secondary N) is 2. The predicted molar refractivity (Wildman–Crippen MR) is 85.5 cm³/mol. The molecule has 26 heavy (non-hydrogen) atoms. The first kappa shape index (κ1) is 18.4. The Bertz CT molecular complexity index is 852. The Morgan fingerprint density at radius 3 is 1.96 bits per heavy atom. The fourth-order valence-corrected chi connectivity index (χ4v) is 1.97. The van der Waals surface area contributed by atoms with E-state index in [1.165, 1.54) is 24.3 Å². The molecule has 2 rings (SSSR count). The molecule has 2 amide bonds. The van der Waals surface area contributed by atoms with Crippen LogP contribution in [-0.4, -0.2) is 21.7 Å². The van der Waals surface area contributed by atoms with Gasteiger partial charge in [-0.15, -0.1) is 0 Å². The minimum absolute atomic E-state index is 0.157. The van der Waals surface area contributed by atoms with Crippen molar-refractivity contribution in [1.82, 2.24) is 10.9 Å². The number of hydrogen-bond acceptors (Lipinski definition) is 6.